The van der Waals surface area contributed by atoms with Crippen LogP contribution in [0.4, 0.5) is 0 Å². The summed E-state index contributed by atoms with van der Waals surface area (Å²) in [6, 6.07) is 0. The van der Waals surface area contributed by atoms with Crippen LogP contribution in [0.3, 0.4) is 0 Å². The molecule has 0 aliphatic heterocycles. The first-order valence-corrected chi connectivity index (χ1v) is 12.4. The lowest BCUT2D eigenvalue weighted by Gasteiger charge is -2.61. The third-order valence-corrected chi connectivity index (χ3v) is 10.1. The van der Waals surface area contributed by atoms with Gasteiger partial charge in [-0.15, -0.1) is 0 Å². The Bertz CT molecular complexity index is 686. The summed E-state index contributed by atoms with van der Waals surface area (Å²) in [4.78, 5) is 0. The molecule has 0 radical (unpaired) electrons. The summed E-state index contributed by atoms with van der Waals surface area (Å²) in [5.74, 6) is 4.03. The molecule has 4 aliphatic carbocycles. The lowest BCUT2D eigenvalue weighted by atomic mass is 9.44. The molecule has 29 heavy (non-hydrogen) atoms. The third-order valence-electron chi connectivity index (χ3n) is 10.1. The highest BCUT2D eigenvalue weighted by atomic mass is 16.5. The number of fused-ring (bicyclic) bond motifs is 5. The van der Waals surface area contributed by atoms with Gasteiger partial charge in [0.2, 0.25) is 0 Å². The summed E-state index contributed by atoms with van der Waals surface area (Å²) in [5, 5.41) is 0. The SMILES string of the molecule is C=C(C)/C=C/CCC1CC[C@@]2(C)C3C(OC)C=C4C(C)CCCC4C3CCC12C. The van der Waals surface area contributed by atoms with Crippen molar-refractivity contribution < 1.29 is 4.74 Å². The van der Waals surface area contributed by atoms with E-state index in [0.29, 0.717) is 22.9 Å². The summed E-state index contributed by atoms with van der Waals surface area (Å²) in [6.07, 6.45) is 19.9. The zero-order chi connectivity index (χ0) is 20.8. The molecular formula is C28H44O. The minimum atomic E-state index is 0.332. The van der Waals surface area contributed by atoms with E-state index in [0.717, 1.165) is 23.7 Å². The van der Waals surface area contributed by atoms with Crippen molar-refractivity contribution in [3.63, 3.8) is 0 Å². The predicted octanol–water partition coefficient (Wildman–Crippen LogP) is 7.74. The maximum atomic E-state index is 6.24. The number of hydrogen-bond donors (Lipinski definition) is 0. The van der Waals surface area contributed by atoms with E-state index in [4.69, 9.17) is 4.74 Å². The Morgan fingerprint density at radius 2 is 1.93 bits per heavy atom. The molecule has 7 unspecified atom stereocenters. The zero-order valence-electron chi connectivity index (χ0n) is 19.7. The van der Waals surface area contributed by atoms with Crippen LogP contribution in [0.1, 0.15) is 85.5 Å². The van der Waals surface area contributed by atoms with Crippen LogP contribution in [0.5, 0.6) is 0 Å². The van der Waals surface area contributed by atoms with Crippen LogP contribution in [0.2, 0.25) is 0 Å². The fraction of sp³-hybridized carbons (Fsp3) is 0.786. The molecule has 162 valence electrons. The van der Waals surface area contributed by atoms with Crippen LogP contribution in [0.25, 0.3) is 0 Å². The molecule has 0 aromatic carbocycles. The lowest BCUT2D eigenvalue weighted by molar-refractivity contribution is -0.132. The molecular weight excluding hydrogens is 352 g/mol. The summed E-state index contributed by atoms with van der Waals surface area (Å²) < 4.78 is 6.24. The molecule has 8 atom stereocenters. The van der Waals surface area contributed by atoms with Gasteiger partial charge in [-0.3, -0.25) is 0 Å². The highest BCUT2D eigenvalue weighted by molar-refractivity contribution is 5.26. The molecule has 0 aromatic rings. The van der Waals surface area contributed by atoms with Crippen molar-refractivity contribution in [1.82, 2.24) is 0 Å². The highest BCUT2D eigenvalue weighted by Crippen LogP contribution is 2.70. The van der Waals surface area contributed by atoms with Crippen molar-refractivity contribution in [3.05, 3.63) is 36.0 Å². The maximum absolute atomic E-state index is 6.24. The van der Waals surface area contributed by atoms with Crippen molar-refractivity contribution >= 4 is 0 Å². The minimum Gasteiger partial charge on any atom is -0.377 e. The van der Waals surface area contributed by atoms with Crippen molar-refractivity contribution in [3.8, 4) is 0 Å². The fourth-order valence-corrected chi connectivity index (χ4v) is 8.40. The van der Waals surface area contributed by atoms with Gasteiger partial charge in [-0.05, 0) is 98.7 Å². The summed E-state index contributed by atoms with van der Waals surface area (Å²) in [7, 11) is 1.97. The van der Waals surface area contributed by atoms with Crippen LogP contribution < -0.4 is 0 Å². The molecule has 0 amide bonds. The summed E-state index contributed by atoms with van der Waals surface area (Å²) in [6.45, 7) is 13.9. The first kappa shape index (κ1) is 21.4. The van der Waals surface area contributed by atoms with Gasteiger partial charge in [0.05, 0.1) is 6.10 Å². The standard InChI is InChI=1S/C28H44O/c1-19(2)10-7-8-12-21-14-16-28(5)26-23(15-17-27(21,28)4)22-13-9-11-20(3)24(22)18-25(26)29-6/h7,10,18,20-23,25-26H,1,8-9,11-17H2,2-6H3/b10-7+/t20?,21?,22?,23?,25?,26?,27?,28-/m0/s1. The average molecular weight is 397 g/mol. The van der Waals surface area contributed by atoms with E-state index in [2.05, 4.69) is 52.5 Å². The molecule has 4 rings (SSSR count). The monoisotopic (exact) mass is 396 g/mol. The smallest absolute Gasteiger partial charge is 0.0791 e. The van der Waals surface area contributed by atoms with Crippen LogP contribution in [0, 0.1) is 40.4 Å². The Labute approximate surface area is 180 Å². The number of methoxy groups -OCH3 is 1. The van der Waals surface area contributed by atoms with E-state index >= 15 is 0 Å². The van der Waals surface area contributed by atoms with E-state index in [1.165, 1.54) is 63.4 Å². The van der Waals surface area contributed by atoms with Gasteiger partial charge in [-0.1, -0.05) is 63.1 Å². The second-order valence-electron chi connectivity index (χ2n) is 11.4. The van der Waals surface area contributed by atoms with Gasteiger partial charge in [0.25, 0.3) is 0 Å². The number of hydrogen-bond acceptors (Lipinski definition) is 1. The molecule has 4 aliphatic rings. The molecule has 3 saturated carbocycles. The molecule has 1 heteroatoms. The van der Waals surface area contributed by atoms with Gasteiger partial charge in [0.15, 0.2) is 0 Å². The first-order chi connectivity index (χ1) is 13.8. The first-order valence-electron chi connectivity index (χ1n) is 12.4. The van der Waals surface area contributed by atoms with Crippen LogP contribution >= 0.6 is 0 Å². The van der Waals surface area contributed by atoms with Gasteiger partial charge in [-0.25, -0.2) is 0 Å². The van der Waals surface area contributed by atoms with E-state index in [1.54, 1.807) is 5.57 Å². The van der Waals surface area contributed by atoms with Gasteiger partial charge in [-0.2, -0.15) is 0 Å². The van der Waals surface area contributed by atoms with Crippen molar-refractivity contribution in [1.29, 1.82) is 0 Å². The van der Waals surface area contributed by atoms with Crippen LogP contribution in [-0.4, -0.2) is 13.2 Å². The van der Waals surface area contributed by atoms with Gasteiger partial charge in [0.1, 0.15) is 0 Å². The molecule has 0 heterocycles. The topological polar surface area (TPSA) is 9.23 Å². The van der Waals surface area contributed by atoms with E-state index < -0.39 is 0 Å². The molecule has 0 N–H and O–H groups in total. The predicted molar refractivity (Wildman–Crippen MR) is 124 cm³/mol. The van der Waals surface area contributed by atoms with E-state index in [-0.39, 0.29) is 0 Å². The minimum absolute atomic E-state index is 0.332. The van der Waals surface area contributed by atoms with Crippen LogP contribution in [0.15, 0.2) is 36.0 Å². The Morgan fingerprint density at radius 3 is 2.66 bits per heavy atom. The number of ether oxygens (including phenoxy) is 1. The third kappa shape index (κ3) is 3.40. The Kier molecular flexibility index (Phi) is 5.93. The summed E-state index contributed by atoms with van der Waals surface area (Å²) in [5.41, 5.74) is 3.81. The Morgan fingerprint density at radius 1 is 1.17 bits per heavy atom. The average Bonchev–Trinajstić information content (AvgIpc) is 2.96. The largest absolute Gasteiger partial charge is 0.377 e. The van der Waals surface area contributed by atoms with Crippen molar-refractivity contribution in [2.24, 2.45) is 40.4 Å². The summed E-state index contributed by atoms with van der Waals surface area (Å²) >= 11 is 0. The maximum Gasteiger partial charge on any atom is 0.0791 e. The van der Waals surface area contributed by atoms with E-state index in [1.807, 2.05) is 7.11 Å². The second kappa shape index (κ2) is 8.03. The van der Waals surface area contributed by atoms with Crippen molar-refractivity contribution in [2.75, 3.05) is 7.11 Å². The molecule has 0 bridgehead atoms. The van der Waals surface area contributed by atoms with Gasteiger partial charge in [0, 0.05) is 7.11 Å². The normalized spacial score (nSPS) is 46.7. The van der Waals surface area contributed by atoms with E-state index in [9.17, 15) is 0 Å². The molecule has 0 spiro atoms. The fourth-order valence-electron chi connectivity index (χ4n) is 8.40. The second-order valence-corrected chi connectivity index (χ2v) is 11.4. The van der Waals surface area contributed by atoms with Crippen LogP contribution in [-0.2, 0) is 4.74 Å². The molecule has 0 saturated heterocycles. The van der Waals surface area contributed by atoms with Crippen molar-refractivity contribution in [2.45, 2.75) is 91.6 Å². The molecule has 3 fully saturated rings. The number of allylic oxidation sites excluding steroid dienone is 4. The van der Waals surface area contributed by atoms with Gasteiger partial charge >= 0.3 is 0 Å². The zero-order valence-corrected chi connectivity index (χ0v) is 19.7. The molecule has 1 nitrogen and oxygen atoms in total. The highest BCUT2D eigenvalue weighted by Gasteiger charge is 2.64. The number of rotatable bonds is 5. The van der Waals surface area contributed by atoms with Gasteiger partial charge < -0.3 is 4.74 Å². The lowest BCUT2D eigenvalue weighted by Crippen LogP contribution is -2.56. The molecule has 0 aromatic heterocycles. The Hall–Kier alpha value is -0.820. The Balaban J connectivity index is 1.60. The quantitative estimate of drug-likeness (QED) is 0.341.